The fourth-order valence-electron chi connectivity index (χ4n) is 5.33. The highest BCUT2D eigenvalue weighted by Gasteiger charge is 2.46. The average Bonchev–Trinajstić information content (AvgIpc) is 3.30. The zero-order valence-corrected chi connectivity index (χ0v) is 18.6. The van der Waals surface area contributed by atoms with E-state index in [0.29, 0.717) is 30.0 Å². The summed E-state index contributed by atoms with van der Waals surface area (Å²) < 4.78 is 40.7. The number of aromatic nitrogens is 3. The van der Waals surface area contributed by atoms with Crippen LogP contribution < -0.4 is 16.4 Å². The zero-order chi connectivity index (χ0) is 24.0. The van der Waals surface area contributed by atoms with Crippen LogP contribution in [0.2, 0.25) is 0 Å². The monoisotopic (exact) mass is 473 g/mol. The number of anilines is 2. The first-order chi connectivity index (χ1) is 16.2. The largest absolute Gasteiger partial charge is 0.401 e. The molecule has 0 saturated carbocycles. The minimum atomic E-state index is -4.19. The molecule has 2 aromatic heterocycles. The Morgan fingerprint density at radius 3 is 2.47 bits per heavy atom. The van der Waals surface area contributed by atoms with E-state index in [-0.39, 0.29) is 24.0 Å². The van der Waals surface area contributed by atoms with Crippen molar-refractivity contribution < 1.29 is 18.0 Å². The van der Waals surface area contributed by atoms with Crippen LogP contribution in [0.5, 0.6) is 0 Å². The molecule has 3 aromatic rings. The van der Waals surface area contributed by atoms with Gasteiger partial charge in [-0.2, -0.15) is 22.8 Å². The molecule has 4 heterocycles. The van der Waals surface area contributed by atoms with Crippen LogP contribution in [0, 0.1) is 0 Å². The third-order valence-electron chi connectivity index (χ3n) is 6.86. The molecule has 2 amide bonds. The maximum absolute atomic E-state index is 13.0. The first-order valence-corrected chi connectivity index (χ1v) is 11.3. The van der Waals surface area contributed by atoms with Crippen molar-refractivity contribution in [2.24, 2.45) is 0 Å². The number of halogens is 3. The number of nitrogens with zero attached hydrogens (tertiary/aromatic N) is 4. The molecule has 2 fully saturated rings. The summed E-state index contributed by atoms with van der Waals surface area (Å²) in [4.78, 5) is 18.0. The number of nitrogens with one attached hydrogen (secondary N) is 2. The van der Waals surface area contributed by atoms with Crippen LogP contribution in [0.4, 0.5) is 29.5 Å². The fourth-order valence-corrected chi connectivity index (χ4v) is 5.33. The Hall–Kier alpha value is -3.34. The number of alkyl halides is 3. The predicted octanol–water partition coefficient (Wildman–Crippen LogP) is 4.00. The van der Waals surface area contributed by atoms with Gasteiger partial charge in [-0.05, 0) is 43.4 Å². The highest BCUT2D eigenvalue weighted by molar-refractivity contribution is 5.89. The van der Waals surface area contributed by atoms with E-state index in [9.17, 15) is 18.0 Å². The van der Waals surface area contributed by atoms with Crippen LogP contribution >= 0.6 is 0 Å². The summed E-state index contributed by atoms with van der Waals surface area (Å²) in [5, 5.41) is 9.59. The number of hydrogen-bond donors (Lipinski definition) is 3. The molecule has 5 rings (SSSR count). The number of nitrogens with two attached hydrogens (primary N) is 1. The van der Waals surface area contributed by atoms with Gasteiger partial charge in [0.25, 0.3) is 0 Å². The highest BCUT2D eigenvalue weighted by atomic mass is 19.4. The molecule has 1 aromatic carbocycles. The first kappa shape index (κ1) is 22.5. The standard InChI is InChI=1S/C23H26F3N7O/c1-28-22(34)30-15-4-2-13(3-5-15)18-11-29-33-20(27)10-19(31-21(18)33)14-8-16-6-7-17(9-14)32(16)12-23(24,25)26/h2-5,10-11,14,16-17H,6-9,12,27H2,1H3,(H2,28,30,34)/t14?,16-,17?/m0/s1. The molecule has 2 aliphatic heterocycles. The van der Waals surface area contributed by atoms with Crippen LogP contribution in [-0.2, 0) is 0 Å². The number of fused-ring (bicyclic) bond motifs is 3. The number of amides is 2. The maximum atomic E-state index is 13.0. The Morgan fingerprint density at radius 1 is 1.18 bits per heavy atom. The van der Waals surface area contributed by atoms with E-state index in [1.807, 2.05) is 12.1 Å². The Kier molecular flexibility index (Phi) is 5.59. The van der Waals surface area contributed by atoms with Crippen molar-refractivity contribution >= 4 is 23.2 Å². The molecule has 4 N–H and O–H groups in total. The quantitative estimate of drug-likeness (QED) is 0.532. The Labute approximate surface area is 194 Å². The summed E-state index contributed by atoms with van der Waals surface area (Å²) in [5.41, 5.74) is 9.99. The first-order valence-electron chi connectivity index (χ1n) is 11.3. The third kappa shape index (κ3) is 4.27. The van der Waals surface area contributed by atoms with E-state index in [1.165, 1.54) is 0 Å². The number of rotatable bonds is 4. The molecule has 0 spiro atoms. The molecule has 3 atom stereocenters. The minimum Gasteiger partial charge on any atom is -0.384 e. The van der Waals surface area contributed by atoms with Gasteiger partial charge < -0.3 is 16.4 Å². The predicted molar refractivity (Wildman–Crippen MR) is 122 cm³/mol. The van der Waals surface area contributed by atoms with Crippen LogP contribution in [0.1, 0.15) is 37.3 Å². The summed E-state index contributed by atoms with van der Waals surface area (Å²) in [5.74, 6) is 0.491. The van der Waals surface area contributed by atoms with Crippen LogP contribution in [0.3, 0.4) is 0 Å². The second kappa shape index (κ2) is 8.46. The van der Waals surface area contributed by atoms with Crippen LogP contribution in [-0.4, -0.2) is 57.4 Å². The van der Waals surface area contributed by atoms with Crippen molar-refractivity contribution in [2.75, 3.05) is 24.6 Å². The molecule has 0 aliphatic carbocycles. The van der Waals surface area contributed by atoms with E-state index >= 15 is 0 Å². The SMILES string of the molecule is CNC(=O)Nc1ccc(-c2cnn3c(N)cc(C4CC5CC[C@@H](C4)N5CC(F)(F)F)nc23)cc1. The Morgan fingerprint density at radius 2 is 1.85 bits per heavy atom. The molecule has 2 unspecified atom stereocenters. The Balaban J connectivity index is 1.42. The van der Waals surface area contributed by atoms with E-state index in [1.54, 1.807) is 40.9 Å². The van der Waals surface area contributed by atoms with Gasteiger partial charge in [0.05, 0.1) is 12.7 Å². The lowest BCUT2D eigenvalue weighted by Crippen LogP contribution is -2.46. The van der Waals surface area contributed by atoms with E-state index in [0.717, 1.165) is 29.7 Å². The van der Waals surface area contributed by atoms with Gasteiger partial charge in [-0.25, -0.2) is 9.78 Å². The van der Waals surface area contributed by atoms with E-state index < -0.39 is 12.7 Å². The van der Waals surface area contributed by atoms with Crippen molar-refractivity contribution in [1.82, 2.24) is 24.8 Å². The molecule has 2 saturated heterocycles. The normalized spacial score (nSPS) is 22.8. The van der Waals surface area contributed by atoms with Gasteiger partial charge in [0.2, 0.25) is 0 Å². The number of nitrogen functional groups attached to an aromatic ring is 1. The van der Waals surface area contributed by atoms with Gasteiger partial charge in [-0.1, -0.05) is 12.1 Å². The lowest BCUT2D eigenvalue weighted by Gasteiger charge is -2.39. The highest BCUT2D eigenvalue weighted by Crippen LogP contribution is 2.44. The number of carbonyl (C=O) groups excluding carboxylic acids is 1. The summed E-state index contributed by atoms with van der Waals surface area (Å²) >= 11 is 0. The topological polar surface area (TPSA) is 101 Å². The molecule has 2 aliphatic rings. The second-order valence-electron chi connectivity index (χ2n) is 9.02. The minimum absolute atomic E-state index is 0.0520. The van der Waals surface area contributed by atoms with E-state index in [2.05, 4.69) is 15.7 Å². The van der Waals surface area contributed by atoms with Gasteiger partial charge in [-0.3, -0.25) is 4.90 Å². The lowest BCUT2D eigenvalue weighted by molar-refractivity contribution is -0.155. The zero-order valence-electron chi connectivity index (χ0n) is 18.6. The van der Waals surface area contributed by atoms with Gasteiger partial charge in [-0.15, -0.1) is 0 Å². The third-order valence-corrected chi connectivity index (χ3v) is 6.86. The van der Waals surface area contributed by atoms with Crippen molar-refractivity contribution in [3.05, 3.63) is 42.2 Å². The van der Waals surface area contributed by atoms with Gasteiger partial charge in [0, 0.05) is 48.1 Å². The second-order valence-corrected chi connectivity index (χ2v) is 9.02. The maximum Gasteiger partial charge on any atom is 0.401 e. The van der Waals surface area contributed by atoms with Crippen molar-refractivity contribution in [3.8, 4) is 11.1 Å². The molecular weight excluding hydrogens is 447 g/mol. The molecule has 0 radical (unpaired) electrons. The van der Waals surface area contributed by atoms with Crippen LogP contribution in [0.15, 0.2) is 36.5 Å². The summed E-state index contributed by atoms with van der Waals surface area (Å²) in [7, 11) is 1.54. The number of benzene rings is 1. The Bertz CT molecular complexity index is 1190. The number of piperidine rings is 1. The molecule has 11 heteroatoms. The number of carbonyl (C=O) groups is 1. The van der Waals surface area contributed by atoms with Crippen molar-refractivity contribution in [2.45, 2.75) is 49.9 Å². The number of urea groups is 1. The molecule has 2 bridgehead atoms. The number of hydrogen-bond acceptors (Lipinski definition) is 5. The average molecular weight is 474 g/mol. The van der Waals surface area contributed by atoms with Crippen molar-refractivity contribution in [3.63, 3.8) is 0 Å². The summed E-state index contributed by atoms with van der Waals surface area (Å²) in [6.07, 6.45) is 0.343. The van der Waals surface area contributed by atoms with Crippen LogP contribution in [0.25, 0.3) is 16.8 Å². The fraction of sp³-hybridized carbons (Fsp3) is 0.435. The molecular formula is C23H26F3N7O. The van der Waals surface area contributed by atoms with Gasteiger partial charge in [0.1, 0.15) is 5.82 Å². The molecule has 8 nitrogen and oxygen atoms in total. The molecule has 180 valence electrons. The lowest BCUT2D eigenvalue weighted by atomic mass is 9.87. The molecule has 34 heavy (non-hydrogen) atoms. The smallest absolute Gasteiger partial charge is 0.384 e. The van der Waals surface area contributed by atoms with Gasteiger partial charge in [0.15, 0.2) is 5.65 Å². The summed E-state index contributed by atoms with van der Waals surface area (Å²) in [6, 6.07) is 8.61. The van der Waals surface area contributed by atoms with Gasteiger partial charge >= 0.3 is 12.2 Å². The van der Waals surface area contributed by atoms with Crippen molar-refractivity contribution in [1.29, 1.82) is 0 Å². The summed E-state index contributed by atoms with van der Waals surface area (Å²) in [6.45, 7) is -0.846. The van der Waals surface area contributed by atoms with E-state index in [4.69, 9.17) is 10.7 Å².